The summed E-state index contributed by atoms with van der Waals surface area (Å²) in [6.45, 7) is 2.22. The first-order chi connectivity index (χ1) is 9.08. The highest BCUT2D eigenvalue weighted by molar-refractivity contribution is 7.86. The average Bonchev–Trinajstić information content (AvgIpc) is 3.18. The normalized spacial score (nSPS) is 15.6. The van der Waals surface area contributed by atoms with Crippen molar-refractivity contribution in [2.75, 3.05) is 6.61 Å². The fraction of sp³-hybridized carbons (Fsp3) is 0.600. The Hall–Kier alpha value is -0.870. The molecule has 0 radical (unpaired) electrons. The maximum Gasteiger partial charge on any atom is 0.296 e. The molecule has 0 atom stereocenters. The molecular weight excluding hydrogens is 260 g/mol. The summed E-state index contributed by atoms with van der Waals surface area (Å²) in [5, 5.41) is 0. The zero-order valence-electron chi connectivity index (χ0n) is 11.5. The second-order valence-corrected chi connectivity index (χ2v) is 7.00. The third-order valence-corrected chi connectivity index (χ3v) is 4.83. The van der Waals surface area contributed by atoms with Crippen molar-refractivity contribution in [3.05, 3.63) is 29.8 Å². The lowest BCUT2D eigenvalue weighted by atomic mass is 10.1. The van der Waals surface area contributed by atoms with Gasteiger partial charge in [-0.2, -0.15) is 8.42 Å². The lowest BCUT2D eigenvalue weighted by Crippen LogP contribution is -2.07. The van der Waals surface area contributed by atoms with E-state index in [2.05, 4.69) is 0 Å². The van der Waals surface area contributed by atoms with E-state index < -0.39 is 10.1 Å². The standard InChI is InChI=1S/C15H22O3S/c1-13-6-10-15(11-7-13)19(16,17)18-12-4-2-3-5-14-8-9-14/h6-7,10-11,14H,2-5,8-9,12H2,1H3. The van der Waals surface area contributed by atoms with E-state index >= 15 is 0 Å². The molecule has 1 aromatic rings. The smallest absolute Gasteiger partial charge is 0.266 e. The number of hydrogen-bond donors (Lipinski definition) is 0. The van der Waals surface area contributed by atoms with Crippen LogP contribution in [0.2, 0.25) is 0 Å². The first kappa shape index (κ1) is 14.5. The molecule has 1 aliphatic rings. The van der Waals surface area contributed by atoms with Gasteiger partial charge in [0.25, 0.3) is 10.1 Å². The minimum absolute atomic E-state index is 0.246. The zero-order chi connectivity index (χ0) is 13.7. The van der Waals surface area contributed by atoms with Gasteiger partial charge in [0.1, 0.15) is 0 Å². The maximum absolute atomic E-state index is 11.9. The molecule has 0 heterocycles. The number of unbranched alkanes of at least 4 members (excludes halogenated alkanes) is 2. The summed E-state index contributed by atoms with van der Waals surface area (Å²) in [5.41, 5.74) is 1.04. The largest absolute Gasteiger partial charge is 0.296 e. The van der Waals surface area contributed by atoms with Gasteiger partial charge in [-0.05, 0) is 31.4 Å². The second-order valence-electron chi connectivity index (χ2n) is 5.38. The van der Waals surface area contributed by atoms with Crippen LogP contribution in [0.3, 0.4) is 0 Å². The Bertz CT molecular complexity index is 487. The van der Waals surface area contributed by atoms with Crippen LogP contribution in [0.5, 0.6) is 0 Å². The number of benzene rings is 1. The molecular formula is C15H22O3S. The molecule has 0 N–H and O–H groups in total. The predicted molar refractivity (Wildman–Crippen MR) is 75.5 cm³/mol. The van der Waals surface area contributed by atoms with Crippen LogP contribution in [-0.4, -0.2) is 15.0 Å². The van der Waals surface area contributed by atoms with Gasteiger partial charge in [0.2, 0.25) is 0 Å². The fourth-order valence-corrected chi connectivity index (χ4v) is 3.00. The predicted octanol–water partition coefficient (Wildman–Crippen LogP) is 3.67. The molecule has 0 amide bonds. The molecule has 1 aromatic carbocycles. The van der Waals surface area contributed by atoms with Gasteiger partial charge in [-0.25, -0.2) is 0 Å². The lowest BCUT2D eigenvalue weighted by molar-refractivity contribution is 0.306. The van der Waals surface area contributed by atoms with E-state index in [0.717, 1.165) is 24.3 Å². The lowest BCUT2D eigenvalue weighted by Gasteiger charge is -2.06. The van der Waals surface area contributed by atoms with Gasteiger partial charge in [-0.3, -0.25) is 4.18 Å². The molecule has 3 nitrogen and oxygen atoms in total. The van der Waals surface area contributed by atoms with Crippen LogP contribution in [0.15, 0.2) is 29.2 Å². The molecule has 1 saturated carbocycles. The van der Waals surface area contributed by atoms with Crippen LogP contribution in [0, 0.1) is 12.8 Å². The minimum Gasteiger partial charge on any atom is -0.266 e. The molecule has 2 rings (SSSR count). The third-order valence-electron chi connectivity index (χ3n) is 3.50. The SMILES string of the molecule is Cc1ccc(S(=O)(=O)OCCCCCC2CC2)cc1. The first-order valence-corrected chi connectivity index (χ1v) is 8.45. The molecule has 1 fully saturated rings. The van der Waals surface area contributed by atoms with E-state index in [9.17, 15) is 8.42 Å². The monoisotopic (exact) mass is 282 g/mol. The minimum atomic E-state index is -3.57. The molecule has 0 aliphatic heterocycles. The Kier molecular flexibility index (Phi) is 4.99. The van der Waals surface area contributed by atoms with Crippen LogP contribution in [-0.2, 0) is 14.3 Å². The van der Waals surface area contributed by atoms with Crippen molar-refractivity contribution in [1.82, 2.24) is 0 Å². The van der Waals surface area contributed by atoms with Crippen molar-refractivity contribution in [2.24, 2.45) is 5.92 Å². The fourth-order valence-electron chi connectivity index (χ4n) is 2.06. The van der Waals surface area contributed by atoms with Gasteiger partial charge in [-0.1, -0.05) is 49.8 Å². The van der Waals surface area contributed by atoms with E-state index in [1.165, 1.54) is 25.7 Å². The average molecular weight is 282 g/mol. The van der Waals surface area contributed by atoms with Gasteiger partial charge in [0, 0.05) is 0 Å². The second kappa shape index (κ2) is 6.53. The van der Waals surface area contributed by atoms with Gasteiger partial charge in [0.15, 0.2) is 0 Å². The molecule has 106 valence electrons. The van der Waals surface area contributed by atoms with Crippen molar-refractivity contribution < 1.29 is 12.6 Å². The van der Waals surface area contributed by atoms with Crippen LogP contribution in [0.4, 0.5) is 0 Å². The summed E-state index contributed by atoms with van der Waals surface area (Å²) in [6, 6.07) is 6.76. The summed E-state index contributed by atoms with van der Waals surface area (Å²) in [5.74, 6) is 0.956. The van der Waals surface area contributed by atoms with E-state index in [1.54, 1.807) is 24.3 Å². The van der Waals surface area contributed by atoms with Crippen LogP contribution >= 0.6 is 0 Å². The van der Waals surface area contributed by atoms with Crippen LogP contribution < -0.4 is 0 Å². The Morgan fingerprint density at radius 3 is 2.42 bits per heavy atom. The Balaban J connectivity index is 1.69. The third kappa shape index (κ3) is 4.96. The molecule has 1 aliphatic carbocycles. The van der Waals surface area contributed by atoms with Gasteiger partial charge >= 0.3 is 0 Å². The van der Waals surface area contributed by atoms with Crippen LogP contribution in [0.1, 0.15) is 44.1 Å². The van der Waals surface area contributed by atoms with Crippen molar-refractivity contribution in [3.63, 3.8) is 0 Å². The molecule has 0 bridgehead atoms. The van der Waals surface area contributed by atoms with Gasteiger partial charge in [-0.15, -0.1) is 0 Å². The Morgan fingerprint density at radius 2 is 1.79 bits per heavy atom. The summed E-state index contributed by atoms with van der Waals surface area (Å²) < 4.78 is 28.8. The molecule has 0 unspecified atom stereocenters. The zero-order valence-corrected chi connectivity index (χ0v) is 12.3. The topological polar surface area (TPSA) is 43.4 Å². The van der Waals surface area contributed by atoms with Crippen molar-refractivity contribution in [3.8, 4) is 0 Å². The number of aryl methyl sites for hydroxylation is 1. The summed E-state index contributed by atoms with van der Waals surface area (Å²) in [6.07, 6.45) is 7.14. The van der Waals surface area contributed by atoms with E-state index in [-0.39, 0.29) is 4.90 Å². The Morgan fingerprint density at radius 1 is 1.11 bits per heavy atom. The molecule has 0 spiro atoms. The van der Waals surface area contributed by atoms with Crippen molar-refractivity contribution >= 4 is 10.1 Å². The molecule has 0 saturated heterocycles. The first-order valence-electron chi connectivity index (χ1n) is 7.04. The van der Waals surface area contributed by atoms with E-state index in [0.29, 0.717) is 6.61 Å². The van der Waals surface area contributed by atoms with E-state index in [1.807, 2.05) is 6.92 Å². The summed E-state index contributed by atoms with van der Waals surface area (Å²) in [7, 11) is -3.57. The van der Waals surface area contributed by atoms with Gasteiger partial charge < -0.3 is 0 Å². The Labute approximate surface area is 116 Å². The molecule has 19 heavy (non-hydrogen) atoms. The number of rotatable bonds is 8. The van der Waals surface area contributed by atoms with E-state index in [4.69, 9.17) is 4.18 Å². The molecule has 0 aromatic heterocycles. The number of hydrogen-bond acceptors (Lipinski definition) is 3. The highest BCUT2D eigenvalue weighted by atomic mass is 32.2. The molecule has 4 heteroatoms. The highest BCUT2D eigenvalue weighted by Crippen LogP contribution is 2.34. The van der Waals surface area contributed by atoms with Crippen molar-refractivity contribution in [2.45, 2.75) is 50.3 Å². The maximum atomic E-state index is 11.9. The van der Waals surface area contributed by atoms with Gasteiger partial charge in [0.05, 0.1) is 11.5 Å². The quantitative estimate of drug-likeness (QED) is 0.539. The summed E-state index contributed by atoms with van der Waals surface area (Å²) in [4.78, 5) is 0.246. The van der Waals surface area contributed by atoms with Crippen LogP contribution in [0.25, 0.3) is 0 Å². The highest BCUT2D eigenvalue weighted by Gasteiger charge is 2.20. The van der Waals surface area contributed by atoms with Crippen molar-refractivity contribution in [1.29, 1.82) is 0 Å². The summed E-state index contributed by atoms with van der Waals surface area (Å²) >= 11 is 0.